The van der Waals surface area contributed by atoms with Crippen LogP contribution in [0.15, 0.2) is 17.5 Å². The van der Waals surface area contributed by atoms with Gasteiger partial charge >= 0.3 is 0 Å². The average Bonchev–Trinajstić information content (AvgIpc) is 2.88. The Labute approximate surface area is 117 Å². The third kappa shape index (κ3) is 2.82. The van der Waals surface area contributed by atoms with Crippen LogP contribution in [0.25, 0.3) is 0 Å². The van der Waals surface area contributed by atoms with Crippen LogP contribution in [0.2, 0.25) is 0 Å². The third-order valence-electron chi connectivity index (χ3n) is 2.82. The van der Waals surface area contributed by atoms with Crippen molar-refractivity contribution in [3.8, 4) is 0 Å². The molecule has 1 N–H and O–H groups in total. The molecule has 0 saturated carbocycles. The van der Waals surface area contributed by atoms with Crippen LogP contribution in [0.5, 0.6) is 0 Å². The van der Waals surface area contributed by atoms with Crippen LogP contribution in [0.3, 0.4) is 0 Å². The molecule has 2 aromatic heterocycles. The van der Waals surface area contributed by atoms with Crippen molar-refractivity contribution in [2.75, 3.05) is 7.05 Å². The highest BCUT2D eigenvalue weighted by Gasteiger charge is 2.21. The van der Waals surface area contributed by atoms with E-state index in [1.807, 2.05) is 25.3 Å². The van der Waals surface area contributed by atoms with E-state index in [2.05, 4.69) is 48.6 Å². The summed E-state index contributed by atoms with van der Waals surface area (Å²) >= 11 is 3.61. The van der Waals surface area contributed by atoms with Crippen molar-refractivity contribution in [1.29, 1.82) is 0 Å². The fraction of sp³-hybridized carbons (Fsp3) is 0.500. The van der Waals surface area contributed by atoms with Gasteiger partial charge in [-0.25, -0.2) is 4.98 Å². The Morgan fingerprint density at radius 1 is 1.28 bits per heavy atom. The van der Waals surface area contributed by atoms with E-state index in [-0.39, 0.29) is 11.5 Å². The van der Waals surface area contributed by atoms with Gasteiger partial charge in [-0.1, -0.05) is 20.8 Å². The molecule has 0 aliphatic heterocycles. The van der Waals surface area contributed by atoms with Gasteiger partial charge in [-0.15, -0.1) is 22.7 Å². The van der Waals surface area contributed by atoms with Gasteiger partial charge in [0.2, 0.25) is 0 Å². The van der Waals surface area contributed by atoms with Crippen molar-refractivity contribution in [1.82, 2.24) is 10.3 Å². The van der Waals surface area contributed by atoms with Crippen LogP contribution in [-0.4, -0.2) is 12.0 Å². The quantitative estimate of drug-likeness (QED) is 0.915. The van der Waals surface area contributed by atoms with E-state index in [4.69, 9.17) is 0 Å². The summed E-state index contributed by atoms with van der Waals surface area (Å²) in [5, 5.41) is 6.63. The normalized spacial score (nSPS) is 13.8. The molecule has 1 unspecified atom stereocenters. The van der Waals surface area contributed by atoms with Crippen molar-refractivity contribution in [3.05, 3.63) is 38.0 Å². The standard InChI is InChI=1S/C14H20N2S2/c1-9-8-17-13(16-9)12(15-5)10-6-7-11(18-10)14(2,3)4/h6-8,12,15H,1-5H3. The molecule has 0 aromatic carbocycles. The van der Waals surface area contributed by atoms with E-state index in [9.17, 15) is 0 Å². The molecule has 98 valence electrons. The minimum atomic E-state index is 0.222. The lowest BCUT2D eigenvalue weighted by molar-refractivity contribution is 0.604. The van der Waals surface area contributed by atoms with Crippen LogP contribution in [0.1, 0.15) is 47.3 Å². The summed E-state index contributed by atoms with van der Waals surface area (Å²) < 4.78 is 0. The van der Waals surface area contributed by atoms with Crippen molar-refractivity contribution in [2.24, 2.45) is 0 Å². The molecule has 4 heteroatoms. The van der Waals surface area contributed by atoms with Crippen LogP contribution in [0.4, 0.5) is 0 Å². The number of nitrogens with zero attached hydrogens (tertiary/aromatic N) is 1. The summed E-state index contributed by atoms with van der Waals surface area (Å²) in [6.45, 7) is 8.81. The molecule has 2 nitrogen and oxygen atoms in total. The van der Waals surface area contributed by atoms with Gasteiger partial charge in [0.1, 0.15) is 5.01 Å². The van der Waals surface area contributed by atoms with Gasteiger partial charge in [-0.3, -0.25) is 0 Å². The van der Waals surface area contributed by atoms with Gasteiger partial charge in [0.25, 0.3) is 0 Å². The molecule has 2 heterocycles. The van der Waals surface area contributed by atoms with E-state index in [0.29, 0.717) is 0 Å². The first-order chi connectivity index (χ1) is 8.41. The minimum Gasteiger partial charge on any atom is -0.307 e. The van der Waals surface area contributed by atoms with E-state index < -0.39 is 0 Å². The predicted octanol–water partition coefficient (Wildman–Crippen LogP) is 4.12. The van der Waals surface area contributed by atoms with Crippen molar-refractivity contribution < 1.29 is 0 Å². The summed E-state index contributed by atoms with van der Waals surface area (Å²) in [6, 6.07) is 4.69. The Hall–Kier alpha value is -0.710. The molecular formula is C14H20N2S2. The van der Waals surface area contributed by atoms with E-state index in [1.54, 1.807) is 11.3 Å². The highest BCUT2D eigenvalue weighted by molar-refractivity contribution is 7.13. The number of thiophene rings is 1. The molecule has 0 spiro atoms. The van der Waals surface area contributed by atoms with E-state index >= 15 is 0 Å². The molecule has 0 radical (unpaired) electrons. The zero-order valence-corrected chi connectivity index (χ0v) is 13.2. The molecule has 0 saturated heterocycles. The number of hydrogen-bond acceptors (Lipinski definition) is 4. The zero-order valence-electron chi connectivity index (χ0n) is 11.6. The summed E-state index contributed by atoms with van der Waals surface area (Å²) in [5.74, 6) is 0. The molecular weight excluding hydrogens is 260 g/mol. The second-order valence-corrected chi connectivity index (χ2v) is 7.51. The van der Waals surface area contributed by atoms with Gasteiger partial charge in [-0.2, -0.15) is 0 Å². The Bertz CT molecular complexity index is 520. The fourth-order valence-electron chi connectivity index (χ4n) is 1.80. The van der Waals surface area contributed by atoms with Gasteiger partial charge in [0.15, 0.2) is 0 Å². The highest BCUT2D eigenvalue weighted by atomic mass is 32.1. The first-order valence-electron chi connectivity index (χ1n) is 6.11. The first kappa shape index (κ1) is 13.7. The van der Waals surface area contributed by atoms with Gasteiger partial charge in [0.05, 0.1) is 6.04 Å². The summed E-state index contributed by atoms with van der Waals surface area (Å²) in [5.41, 5.74) is 1.32. The Kier molecular flexibility index (Phi) is 3.90. The van der Waals surface area contributed by atoms with E-state index in [1.165, 1.54) is 9.75 Å². The second kappa shape index (κ2) is 5.11. The predicted molar refractivity (Wildman–Crippen MR) is 80.8 cm³/mol. The summed E-state index contributed by atoms with van der Waals surface area (Å²) in [6.07, 6.45) is 0. The highest BCUT2D eigenvalue weighted by Crippen LogP contribution is 2.35. The number of rotatable bonds is 3. The molecule has 0 fully saturated rings. The fourth-order valence-corrected chi connectivity index (χ4v) is 3.98. The minimum absolute atomic E-state index is 0.222. The molecule has 0 amide bonds. The summed E-state index contributed by atoms with van der Waals surface area (Å²) in [4.78, 5) is 7.36. The van der Waals surface area contributed by atoms with Crippen molar-refractivity contribution in [3.63, 3.8) is 0 Å². The van der Waals surface area contributed by atoms with Crippen molar-refractivity contribution in [2.45, 2.75) is 39.2 Å². The third-order valence-corrected chi connectivity index (χ3v) is 5.43. The smallest absolute Gasteiger partial charge is 0.115 e. The van der Waals surface area contributed by atoms with Crippen LogP contribution in [-0.2, 0) is 5.41 Å². The molecule has 18 heavy (non-hydrogen) atoms. The lowest BCUT2D eigenvalue weighted by Crippen LogP contribution is -2.16. The second-order valence-electron chi connectivity index (χ2n) is 5.50. The lowest BCUT2D eigenvalue weighted by Gasteiger charge is -2.16. The molecule has 0 aliphatic rings. The largest absolute Gasteiger partial charge is 0.307 e. The first-order valence-corrected chi connectivity index (χ1v) is 7.81. The molecule has 1 atom stereocenters. The Balaban J connectivity index is 2.31. The van der Waals surface area contributed by atoms with Gasteiger partial charge < -0.3 is 5.32 Å². The van der Waals surface area contributed by atoms with Crippen molar-refractivity contribution >= 4 is 22.7 Å². The Morgan fingerprint density at radius 3 is 2.44 bits per heavy atom. The van der Waals surface area contributed by atoms with Crippen LogP contribution in [0, 0.1) is 6.92 Å². The van der Waals surface area contributed by atoms with Crippen LogP contribution < -0.4 is 5.32 Å². The van der Waals surface area contributed by atoms with Gasteiger partial charge in [0, 0.05) is 20.8 Å². The number of hydrogen-bond donors (Lipinski definition) is 1. The number of aromatic nitrogens is 1. The Morgan fingerprint density at radius 2 is 2.00 bits per heavy atom. The van der Waals surface area contributed by atoms with Gasteiger partial charge in [-0.05, 0) is 31.5 Å². The topological polar surface area (TPSA) is 24.9 Å². The maximum Gasteiger partial charge on any atom is 0.115 e. The van der Waals surface area contributed by atoms with Crippen LogP contribution >= 0.6 is 22.7 Å². The number of thiazole rings is 1. The maximum absolute atomic E-state index is 4.59. The number of aryl methyl sites for hydroxylation is 1. The molecule has 2 rings (SSSR count). The molecule has 2 aromatic rings. The molecule has 0 bridgehead atoms. The SMILES string of the molecule is CNC(c1ccc(C(C)(C)C)s1)c1nc(C)cs1. The summed E-state index contributed by atoms with van der Waals surface area (Å²) in [7, 11) is 2.00. The number of nitrogens with one attached hydrogen (secondary N) is 1. The van der Waals surface area contributed by atoms with E-state index in [0.717, 1.165) is 10.7 Å². The zero-order chi connectivity index (χ0) is 13.3. The molecule has 0 aliphatic carbocycles. The lowest BCUT2D eigenvalue weighted by atomic mass is 9.95. The average molecular weight is 280 g/mol. The maximum atomic E-state index is 4.59. The monoisotopic (exact) mass is 280 g/mol.